The largest absolute Gasteiger partial charge is 0.345 e. The number of nitrogens with zero attached hydrogens (tertiary/aromatic N) is 1. The molecule has 1 heterocycles. The third kappa shape index (κ3) is 2.95. The molecule has 0 radical (unpaired) electrons. The van der Waals surface area contributed by atoms with Crippen LogP contribution in [-0.2, 0) is 20.7 Å². The van der Waals surface area contributed by atoms with Crippen LogP contribution in [0.4, 0.5) is 4.79 Å². The highest BCUT2D eigenvalue weighted by Crippen LogP contribution is 2.41. The molecule has 1 aliphatic heterocycles. The summed E-state index contributed by atoms with van der Waals surface area (Å²) in [6, 6.07) is 18.4. The van der Waals surface area contributed by atoms with E-state index in [-0.39, 0.29) is 12.5 Å². The maximum atomic E-state index is 13.0. The molecular formula is C22H23N3O3. The highest BCUT2D eigenvalue weighted by Gasteiger charge is 2.50. The predicted molar refractivity (Wildman–Crippen MR) is 104 cm³/mol. The quantitative estimate of drug-likeness (QED) is 0.787. The number of hydrogen-bond acceptors (Lipinski definition) is 3. The summed E-state index contributed by atoms with van der Waals surface area (Å²) in [7, 11) is 0. The lowest BCUT2D eigenvalue weighted by Crippen LogP contribution is -2.54. The first kappa shape index (κ1) is 18.2. The highest BCUT2D eigenvalue weighted by atomic mass is 16.2. The molecule has 2 aromatic carbocycles. The van der Waals surface area contributed by atoms with Crippen LogP contribution in [0.2, 0.25) is 0 Å². The third-order valence-electron chi connectivity index (χ3n) is 5.84. The Morgan fingerprint density at radius 1 is 1.00 bits per heavy atom. The van der Waals surface area contributed by atoms with Crippen LogP contribution in [-0.4, -0.2) is 29.3 Å². The molecular weight excluding hydrogens is 354 g/mol. The Kier molecular flexibility index (Phi) is 4.41. The fraction of sp³-hybridized carbons (Fsp3) is 0.318. The van der Waals surface area contributed by atoms with E-state index in [0.29, 0.717) is 5.56 Å². The van der Waals surface area contributed by atoms with Crippen molar-refractivity contribution in [2.24, 2.45) is 0 Å². The molecule has 0 aromatic heterocycles. The van der Waals surface area contributed by atoms with Crippen molar-refractivity contribution in [2.45, 2.75) is 37.3 Å². The zero-order valence-electron chi connectivity index (χ0n) is 15.8. The monoisotopic (exact) mass is 377 g/mol. The Balaban J connectivity index is 1.49. The van der Waals surface area contributed by atoms with Crippen molar-refractivity contribution in [3.63, 3.8) is 0 Å². The molecule has 28 heavy (non-hydrogen) atoms. The van der Waals surface area contributed by atoms with Crippen LogP contribution in [0, 0.1) is 0 Å². The topological polar surface area (TPSA) is 78.5 Å². The zero-order valence-corrected chi connectivity index (χ0v) is 15.8. The highest BCUT2D eigenvalue weighted by molar-refractivity contribution is 6.09. The number of imide groups is 1. The molecule has 1 unspecified atom stereocenters. The van der Waals surface area contributed by atoms with E-state index in [1.807, 2.05) is 48.5 Å². The number of amides is 4. The first-order valence-corrected chi connectivity index (χ1v) is 9.51. The molecule has 144 valence electrons. The van der Waals surface area contributed by atoms with E-state index in [2.05, 4.69) is 10.6 Å². The van der Waals surface area contributed by atoms with Crippen molar-refractivity contribution >= 4 is 17.8 Å². The summed E-state index contributed by atoms with van der Waals surface area (Å²) >= 11 is 0. The first-order chi connectivity index (χ1) is 13.4. The zero-order chi connectivity index (χ0) is 19.8. The molecule has 1 saturated carbocycles. The Bertz CT molecular complexity index is 909. The van der Waals surface area contributed by atoms with E-state index in [1.54, 1.807) is 19.1 Å². The molecule has 2 N–H and O–H groups in total. The summed E-state index contributed by atoms with van der Waals surface area (Å²) in [4.78, 5) is 39.1. The van der Waals surface area contributed by atoms with Crippen LogP contribution < -0.4 is 10.6 Å². The van der Waals surface area contributed by atoms with Gasteiger partial charge in [0.15, 0.2) is 0 Å². The predicted octanol–water partition coefficient (Wildman–Crippen LogP) is 2.65. The first-order valence-electron chi connectivity index (χ1n) is 9.51. The number of carbonyl (C=O) groups is 3. The van der Waals surface area contributed by atoms with Crippen LogP contribution in [0.5, 0.6) is 0 Å². The molecule has 1 saturated heterocycles. The molecule has 6 heteroatoms. The number of rotatable bonds is 5. The van der Waals surface area contributed by atoms with Gasteiger partial charge in [-0.05, 0) is 37.3 Å². The lowest BCUT2D eigenvalue weighted by Gasteiger charge is -2.43. The number of hydrogen-bond donors (Lipinski definition) is 2. The minimum atomic E-state index is -1.16. The summed E-state index contributed by atoms with van der Waals surface area (Å²) < 4.78 is 0. The number of carbonyl (C=O) groups excluding carboxylic acids is 3. The van der Waals surface area contributed by atoms with E-state index in [0.717, 1.165) is 29.7 Å². The van der Waals surface area contributed by atoms with Gasteiger partial charge in [0.05, 0.1) is 5.54 Å². The summed E-state index contributed by atoms with van der Waals surface area (Å²) in [6.07, 6.45) is 2.74. The lowest BCUT2D eigenvalue weighted by molar-refractivity contribution is -0.135. The molecule has 6 nitrogen and oxygen atoms in total. The number of nitrogens with one attached hydrogen (secondary N) is 2. The van der Waals surface area contributed by atoms with Crippen molar-refractivity contribution in [3.8, 4) is 0 Å². The summed E-state index contributed by atoms with van der Waals surface area (Å²) in [5.74, 6) is -0.745. The molecule has 4 rings (SSSR count). The van der Waals surface area contributed by atoms with Crippen molar-refractivity contribution in [3.05, 3.63) is 71.8 Å². The third-order valence-corrected chi connectivity index (χ3v) is 5.84. The molecule has 0 spiro atoms. The average molecular weight is 377 g/mol. The average Bonchev–Trinajstić information content (AvgIpc) is 2.90. The second-order valence-corrected chi connectivity index (χ2v) is 7.66. The van der Waals surface area contributed by atoms with Gasteiger partial charge in [-0.1, -0.05) is 60.7 Å². The maximum absolute atomic E-state index is 13.0. The molecule has 2 aliphatic rings. The van der Waals surface area contributed by atoms with E-state index >= 15 is 0 Å². The van der Waals surface area contributed by atoms with Crippen LogP contribution in [0.25, 0.3) is 0 Å². The molecule has 4 amide bonds. The van der Waals surface area contributed by atoms with Gasteiger partial charge < -0.3 is 10.6 Å². The van der Waals surface area contributed by atoms with Gasteiger partial charge in [-0.15, -0.1) is 0 Å². The van der Waals surface area contributed by atoms with Gasteiger partial charge in [-0.25, -0.2) is 4.79 Å². The van der Waals surface area contributed by atoms with Crippen molar-refractivity contribution in [2.75, 3.05) is 6.54 Å². The van der Waals surface area contributed by atoms with Gasteiger partial charge in [0.1, 0.15) is 12.1 Å². The Morgan fingerprint density at radius 3 is 2.11 bits per heavy atom. The van der Waals surface area contributed by atoms with Gasteiger partial charge in [-0.3, -0.25) is 14.5 Å². The maximum Gasteiger partial charge on any atom is 0.325 e. The van der Waals surface area contributed by atoms with E-state index in [1.165, 1.54) is 0 Å². The van der Waals surface area contributed by atoms with E-state index < -0.39 is 23.0 Å². The van der Waals surface area contributed by atoms with Crippen LogP contribution in [0.3, 0.4) is 0 Å². The lowest BCUT2D eigenvalue weighted by atomic mass is 9.72. The Hall–Kier alpha value is -3.15. The summed E-state index contributed by atoms with van der Waals surface area (Å²) in [5.41, 5.74) is 0.184. The molecule has 2 fully saturated rings. The van der Waals surface area contributed by atoms with Crippen LogP contribution in [0.15, 0.2) is 60.7 Å². The van der Waals surface area contributed by atoms with Gasteiger partial charge >= 0.3 is 6.03 Å². The fourth-order valence-corrected chi connectivity index (χ4v) is 4.03. The van der Waals surface area contributed by atoms with Gasteiger partial charge in [0.2, 0.25) is 5.91 Å². The summed E-state index contributed by atoms with van der Waals surface area (Å²) in [5, 5.41) is 5.80. The van der Waals surface area contributed by atoms with Gasteiger partial charge in [0.25, 0.3) is 5.91 Å². The minimum absolute atomic E-state index is 0.290. The van der Waals surface area contributed by atoms with Crippen molar-refractivity contribution < 1.29 is 14.4 Å². The second-order valence-electron chi connectivity index (χ2n) is 7.66. The smallest absolute Gasteiger partial charge is 0.325 e. The Morgan fingerprint density at radius 2 is 1.57 bits per heavy atom. The van der Waals surface area contributed by atoms with E-state index in [9.17, 15) is 14.4 Å². The summed E-state index contributed by atoms with van der Waals surface area (Å²) in [6.45, 7) is 1.37. The standard InChI is InChI=1S/C22H23N3O3/c1-21(16-9-4-2-5-10-16)19(27)25(20(28)24-21)15-18(26)23-22(13-8-14-22)17-11-6-3-7-12-17/h2-7,9-12H,8,13-15H2,1H3,(H,23,26)(H,24,28). The Labute approximate surface area is 163 Å². The molecule has 0 bridgehead atoms. The van der Waals surface area contributed by atoms with Crippen molar-refractivity contribution in [1.82, 2.24) is 15.5 Å². The minimum Gasteiger partial charge on any atom is -0.345 e. The van der Waals surface area contributed by atoms with Gasteiger partial charge in [-0.2, -0.15) is 0 Å². The van der Waals surface area contributed by atoms with Gasteiger partial charge in [0, 0.05) is 0 Å². The molecule has 2 aromatic rings. The van der Waals surface area contributed by atoms with E-state index in [4.69, 9.17) is 0 Å². The number of benzene rings is 2. The SMILES string of the molecule is CC1(c2ccccc2)NC(=O)N(CC(=O)NC2(c3ccccc3)CCC2)C1=O. The number of urea groups is 1. The second kappa shape index (κ2) is 6.78. The normalized spacial score (nSPS) is 23.1. The van der Waals surface area contributed by atoms with Crippen LogP contribution in [0.1, 0.15) is 37.3 Å². The van der Waals surface area contributed by atoms with Crippen molar-refractivity contribution in [1.29, 1.82) is 0 Å². The fourth-order valence-electron chi connectivity index (χ4n) is 4.03. The molecule has 1 atom stereocenters. The van der Waals surface area contributed by atoms with Crippen LogP contribution >= 0.6 is 0 Å². The molecule has 1 aliphatic carbocycles.